The molecule has 1 aromatic carbocycles. The molecule has 2 atom stereocenters. The smallest absolute Gasteiger partial charge is 0.416 e. The van der Waals surface area contributed by atoms with Crippen LogP contribution in [0, 0.1) is 5.92 Å². The van der Waals surface area contributed by atoms with Crippen molar-refractivity contribution in [2.45, 2.75) is 19.2 Å². The Morgan fingerprint density at radius 1 is 1.27 bits per heavy atom. The fourth-order valence-corrected chi connectivity index (χ4v) is 2.68. The van der Waals surface area contributed by atoms with E-state index in [1.807, 2.05) is 0 Å². The number of hydrogen-bond acceptors (Lipinski definition) is 4. The molecule has 22 heavy (non-hydrogen) atoms. The molecule has 1 aliphatic heterocycles. The second kappa shape index (κ2) is 6.85. The van der Waals surface area contributed by atoms with Crippen LogP contribution >= 0.6 is 0 Å². The lowest BCUT2D eigenvalue weighted by molar-refractivity contribution is -0.137. The Bertz CT molecular complexity index is 502. The molecule has 0 aromatic heterocycles. The van der Waals surface area contributed by atoms with Crippen LogP contribution in [0.25, 0.3) is 0 Å². The SMILES string of the molecule is CC(CN1CCNCC1)C(O)c1cc(C(F)(F)F)ccc1O. The second-order valence-electron chi connectivity index (χ2n) is 5.74. The van der Waals surface area contributed by atoms with E-state index in [-0.39, 0.29) is 17.2 Å². The average Bonchev–Trinajstić information content (AvgIpc) is 2.46. The maximum Gasteiger partial charge on any atom is 0.416 e. The van der Waals surface area contributed by atoms with Gasteiger partial charge in [-0.3, -0.25) is 0 Å². The Kier molecular flexibility index (Phi) is 5.31. The second-order valence-corrected chi connectivity index (χ2v) is 5.74. The van der Waals surface area contributed by atoms with Crippen LogP contribution in [0.1, 0.15) is 24.2 Å². The largest absolute Gasteiger partial charge is 0.508 e. The molecule has 0 bridgehead atoms. The van der Waals surface area contributed by atoms with E-state index in [2.05, 4.69) is 10.2 Å². The number of halogens is 3. The van der Waals surface area contributed by atoms with Crippen molar-refractivity contribution >= 4 is 0 Å². The van der Waals surface area contributed by atoms with Crippen molar-refractivity contribution in [2.24, 2.45) is 5.92 Å². The number of nitrogens with zero attached hydrogens (tertiary/aromatic N) is 1. The quantitative estimate of drug-likeness (QED) is 0.795. The van der Waals surface area contributed by atoms with Gasteiger partial charge in [-0.05, 0) is 24.1 Å². The van der Waals surface area contributed by atoms with Crippen molar-refractivity contribution in [1.29, 1.82) is 0 Å². The highest BCUT2D eigenvalue weighted by Crippen LogP contribution is 2.36. The lowest BCUT2D eigenvalue weighted by Gasteiger charge is -2.31. The summed E-state index contributed by atoms with van der Waals surface area (Å²) in [5.74, 6) is -0.597. The highest BCUT2D eigenvalue weighted by molar-refractivity contribution is 5.39. The molecule has 2 rings (SSSR count). The molecule has 1 saturated heterocycles. The first-order valence-corrected chi connectivity index (χ1v) is 7.30. The minimum Gasteiger partial charge on any atom is -0.508 e. The maximum atomic E-state index is 12.8. The number of rotatable bonds is 4. The van der Waals surface area contributed by atoms with Crippen LogP contribution in [0.2, 0.25) is 0 Å². The van der Waals surface area contributed by atoms with Crippen LogP contribution in [0.15, 0.2) is 18.2 Å². The number of alkyl halides is 3. The number of nitrogens with one attached hydrogen (secondary N) is 1. The molecule has 1 aromatic rings. The van der Waals surface area contributed by atoms with Crippen LogP contribution in [-0.4, -0.2) is 47.8 Å². The van der Waals surface area contributed by atoms with Gasteiger partial charge in [0.1, 0.15) is 5.75 Å². The predicted molar refractivity (Wildman–Crippen MR) is 76.5 cm³/mol. The Labute approximate surface area is 127 Å². The van der Waals surface area contributed by atoms with Gasteiger partial charge in [-0.15, -0.1) is 0 Å². The van der Waals surface area contributed by atoms with Crippen molar-refractivity contribution in [3.63, 3.8) is 0 Å². The summed E-state index contributed by atoms with van der Waals surface area (Å²) < 4.78 is 38.3. The van der Waals surface area contributed by atoms with Gasteiger partial charge in [-0.25, -0.2) is 0 Å². The van der Waals surface area contributed by atoms with Gasteiger partial charge < -0.3 is 20.4 Å². The van der Waals surface area contributed by atoms with Crippen molar-refractivity contribution in [1.82, 2.24) is 10.2 Å². The third kappa shape index (κ3) is 4.12. The number of aromatic hydroxyl groups is 1. The third-order valence-corrected chi connectivity index (χ3v) is 3.97. The number of hydrogen-bond donors (Lipinski definition) is 3. The zero-order valence-electron chi connectivity index (χ0n) is 12.4. The molecule has 0 amide bonds. The van der Waals surface area contributed by atoms with E-state index in [0.717, 1.165) is 44.4 Å². The Morgan fingerprint density at radius 2 is 1.91 bits per heavy atom. The molecule has 1 aliphatic rings. The van der Waals surface area contributed by atoms with E-state index < -0.39 is 17.8 Å². The number of phenolic OH excluding ortho intramolecular Hbond substituents is 1. The molecule has 1 heterocycles. The van der Waals surface area contributed by atoms with Crippen molar-refractivity contribution in [3.05, 3.63) is 29.3 Å². The molecule has 0 radical (unpaired) electrons. The van der Waals surface area contributed by atoms with Crippen LogP contribution in [0.3, 0.4) is 0 Å². The van der Waals surface area contributed by atoms with E-state index in [1.54, 1.807) is 6.92 Å². The molecule has 4 nitrogen and oxygen atoms in total. The highest BCUT2D eigenvalue weighted by Gasteiger charge is 2.32. The minimum atomic E-state index is -4.50. The first-order chi connectivity index (χ1) is 10.3. The summed E-state index contributed by atoms with van der Waals surface area (Å²) in [5, 5.41) is 23.3. The van der Waals surface area contributed by atoms with Gasteiger partial charge in [0.15, 0.2) is 0 Å². The summed E-state index contributed by atoms with van der Waals surface area (Å²) in [6.07, 6.45) is -5.64. The molecule has 3 N–H and O–H groups in total. The summed E-state index contributed by atoms with van der Waals surface area (Å²) in [6, 6.07) is 2.62. The fraction of sp³-hybridized carbons (Fsp3) is 0.600. The molecule has 124 valence electrons. The number of aliphatic hydroxyl groups excluding tert-OH is 1. The molecule has 1 fully saturated rings. The maximum absolute atomic E-state index is 12.8. The van der Waals surface area contributed by atoms with E-state index in [4.69, 9.17) is 0 Å². The average molecular weight is 318 g/mol. The van der Waals surface area contributed by atoms with E-state index in [9.17, 15) is 23.4 Å². The number of aliphatic hydroxyl groups is 1. The Hall–Kier alpha value is -1.31. The van der Waals surface area contributed by atoms with Crippen molar-refractivity contribution in [2.75, 3.05) is 32.7 Å². The summed E-state index contributed by atoms with van der Waals surface area (Å²) in [5.41, 5.74) is -0.939. The van der Waals surface area contributed by atoms with E-state index in [0.29, 0.717) is 6.54 Å². The number of piperazine rings is 1. The first-order valence-electron chi connectivity index (χ1n) is 7.30. The van der Waals surface area contributed by atoms with E-state index >= 15 is 0 Å². The van der Waals surface area contributed by atoms with Crippen LogP contribution in [-0.2, 0) is 6.18 Å². The van der Waals surface area contributed by atoms with Gasteiger partial charge in [0, 0.05) is 38.3 Å². The predicted octanol–water partition coefficient (Wildman–Crippen LogP) is 1.99. The number of phenols is 1. The molecule has 0 saturated carbocycles. The standard InChI is InChI=1S/C15H21F3N2O2/c1-10(9-20-6-4-19-5-7-20)14(22)12-8-11(15(16,17)18)2-3-13(12)21/h2-3,8,10,14,19,21-22H,4-7,9H2,1H3. The van der Waals surface area contributed by atoms with Crippen molar-refractivity contribution < 1.29 is 23.4 Å². The summed E-state index contributed by atoms with van der Waals surface area (Å²) >= 11 is 0. The van der Waals surface area contributed by atoms with Crippen LogP contribution < -0.4 is 5.32 Å². The molecular formula is C15H21F3N2O2. The topological polar surface area (TPSA) is 55.7 Å². The van der Waals surface area contributed by atoms with Gasteiger partial charge >= 0.3 is 6.18 Å². The van der Waals surface area contributed by atoms with Gasteiger partial charge in [-0.1, -0.05) is 6.92 Å². The zero-order chi connectivity index (χ0) is 16.3. The summed E-state index contributed by atoms with van der Waals surface area (Å²) in [4.78, 5) is 2.15. The normalized spacial score (nSPS) is 19.9. The summed E-state index contributed by atoms with van der Waals surface area (Å²) in [6.45, 7) is 5.73. The molecule has 7 heteroatoms. The third-order valence-electron chi connectivity index (χ3n) is 3.97. The monoisotopic (exact) mass is 318 g/mol. The Morgan fingerprint density at radius 3 is 2.50 bits per heavy atom. The van der Waals surface area contributed by atoms with Gasteiger partial charge in [0.2, 0.25) is 0 Å². The summed E-state index contributed by atoms with van der Waals surface area (Å²) in [7, 11) is 0. The van der Waals surface area contributed by atoms with Crippen LogP contribution in [0.5, 0.6) is 5.75 Å². The fourth-order valence-electron chi connectivity index (χ4n) is 2.68. The molecule has 0 aliphatic carbocycles. The highest BCUT2D eigenvalue weighted by atomic mass is 19.4. The minimum absolute atomic E-state index is 0.0718. The lowest BCUT2D eigenvalue weighted by atomic mass is 9.94. The van der Waals surface area contributed by atoms with Crippen LogP contribution in [0.4, 0.5) is 13.2 Å². The van der Waals surface area contributed by atoms with Crippen molar-refractivity contribution in [3.8, 4) is 5.75 Å². The zero-order valence-corrected chi connectivity index (χ0v) is 12.4. The molecule has 0 spiro atoms. The lowest BCUT2D eigenvalue weighted by Crippen LogP contribution is -2.45. The van der Waals surface area contributed by atoms with Gasteiger partial charge in [0.25, 0.3) is 0 Å². The van der Waals surface area contributed by atoms with Gasteiger partial charge in [0.05, 0.1) is 11.7 Å². The molecular weight excluding hydrogens is 297 g/mol. The molecule has 2 unspecified atom stereocenters. The van der Waals surface area contributed by atoms with Gasteiger partial charge in [-0.2, -0.15) is 13.2 Å². The first kappa shape index (κ1) is 17.1. The Balaban J connectivity index is 2.11. The number of benzene rings is 1. The van der Waals surface area contributed by atoms with E-state index in [1.165, 1.54) is 0 Å².